The van der Waals surface area contributed by atoms with Crippen molar-refractivity contribution >= 4 is 15.7 Å². The third kappa shape index (κ3) is 2.00. The number of nitro groups is 1. The lowest BCUT2D eigenvalue weighted by Gasteiger charge is -2.46. The molecule has 0 bridgehead atoms. The number of nitro benzene ring substituents is 1. The van der Waals surface area contributed by atoms with Gasteiger partial charge in [0.1, 0.15) is 0 Å². The summed E-state index contributed by atoms with van der Waals surface area (Å²) in [5.41, 5.74) is -0.339. The molecule has 7 nitrogen and oxygen atoms in total. The Morgan fingerprint density at radius 3 is 2.60 bits per heavy atom. The van der Waals surface area contributed by atoms with Gasteiger partial charge in [-0.1, -0.05) is 12.1 Å². The summed E-state index contributed by atoms with van der Waals surface area (Å²) in [4.78, 5) is 10.1. The van der Waals surface area contributed by atoms with E-state index in [0.717, 1.165) is 19.5 Å². The molecule has 3 rings (SSSR count). The molecule has 1 aromatic carbocycles. The molecule has 0 atom stereocenters. The van der Waals surface area contributed by atoms with Crippen molar-refractivity contribution in [3.05, 3.63) is 34.4 Å². The second-order valence-electron chi connectivity index (χ2n) is 5.42. The van der Waals surface area contributed by atoms with Crippen LogP contribution in [0, 0.1) is 15.5 Å². The maximum atomic E-state index is 12.5. The molecule has 2 saturated heterocycles. The minimum atomic E-state index is -3.78. The quantitative estimate of drug-likeness (QED) is 0.650. The third-order valence-electron chi connectivity index (χ3n) is 4.04. The van der Waals surface area contributed by atoms with Crippen LogP contribution in [-0.2, 0) is 10.0 Å². The summed E-state index contributed by atoms with van der Waals surface area (Å²) >= 11 is 0. The predicted octanol–water partition coefficient (Wildman–Crippen LogP) is 0.579. The number of sulfonamides is 1. The van der Waals surface area contributed by atoms with Gasteiger partial charge < -0.3 is 5.32 Å². The molecule has 2 aliphatic heterocycles. The highest BCUT2D eigenvalue weighted by Crippen LogP contribution is 2.40. The van der Waals surface area contributed by atoms with E-state index in [2.05, 4.69) is 5.32 Å². The summed E-state index contributed by atoms with van der Waals surface area (Å²) in [6.45, 7) is 2.60. The summed E-state index contributed by atoms with van der Waals surface area (Å²) in [5, 5.41) is 14.2. The van der Waals surface area contributed by atoms with Crippen molar-refractivity contribution < 1.29 is 13.3 Å². The number of hydrogen-bond acceptors (Lipinski definition) is 5. The molecule has 2 aliphatic rings. The van der Waals surface area contributed by atoms with Crippen LogP contribution >= 0.6 is 0 Å². The largest absolute Gasteiger partial charge is 0.316 e. The summed E-state index contributed by atoms with van der Waals surface area (Å²) in [6.07, 6.45) is 0.954. The fourth-order valence-corrected chi connectivity index (χ4v) is 4.73. The second kappa shape index (κ2) is 4.51. The van der Waals surface area contributed by atoms with Crippen LogP contribution in [0.3, 0.4) is 0 Å². The lowest BCUT2D eigenvalue weighted by atomic mass is 9.81. The van der Waals surface area contributed by atoms with Crippen LogP contribution in [-0.4, -0.2) is 43.8 Å². The third-order valence-corrected chi connectivity index (χ3v) is 5.87. The van der Waals surface area contributed by atoms with E-state index in [1.54, 1.807) is 0 Å². The average molecular weight is 297 g/mol. The first-order valence-electron chi connectivity index (χ1n) is 6.39. The van der Waals surface area contributed by atoms with Crippen molar-refractivity contribution in [2.45, 2.75) is 11.3 Å². The van der Waals surface area contributed by atoms with Crippen molar-refractivity contribution in [1.82, 2.24) is 9.62 Å². The average Bonchev–Trinajstić information content (AvgIpc) is 2.86. The highest BCUT2D eigenvalue weighted by molar-refractivity contribution is 7.89. The van der Waals surface area contributed by atoms with Gasteiger partial charge in [-0.2, -0.15) is 4.31 Å². The van der Waals surface area contributed by atoms with Crippen molar-refractivity contribution in [3.63, 3.8) is 0 Å². The molecule has 0 aromatic heterocycles. The van der Waals surface area contributed by atoms with Crippen molar-refractivity contribution in [1.29, 1.82) is 0 Å². The smallest absolute Gasteiger partial charge is 0.289 e. The maximum absolute atomic E-state index is 12.5. The highest BCUT2D eigenvalue weighted by Gasteiger charge is 2.50. The Balaban J connectivity index is 1.89. The zero-order valence-electron chi connectivity index (χ0n) is 10.8. The molecule has 1 aromatic rings. The minimum Gasteiger partial charge on any atom is -0.316 e. The number of para-hydroxylation sites is 1. The zero-order chi connectivity index (χ0) is 14.4. The number of rotatable bonds is 3. The highest BCUT2D eigenvalue weighted by atomic mass is 32.2. The van der Waals surface area contributed by atoms with Crippen LogP contribution in [0.5, 0.6) is 0 Å². The normalized spacial score (nSPS) is 21.8. The molecule has 1 N–H and O–H groups in total. The van der Waals surface area contributed by atoms with Gasteiger partial charge in [0.2, 0.25) is 10.0 Å². The molecule has 0 aliphatic carbocycles. The number of nitrogens with zero attached hydrogens (tertiary/aromatic N) is 2. The first-order valence-corrected chi connectivity index (χ1v) is 7.83. The van der Waals surface area contributed by atoms with Crippen molar-refractivity contribution in [3.8, 4) is 0 Å². The summed E-state index contributed by atoms with van der Waals surface area (Å²) in [7, 11) is -3.78. The topological polar surface area (TPSA) is 92.5 Å². The SMILES string of the molecule is O=[N+]([O-])c1ccccc1S(=O)(=O)N1CC2(CCNC2)C1. The number of nitrogens with one attached hydrogen (secondary N) is 1. The minimum absolute atomic E-state index is 0.0244. The molecular weight excluding hydrogens is 282 g/mol. The molecule has 1 spiro atoms. The lowest BCUT2D eigenvalue weighted by Crippen LogP contribution is -2.59. The van der Waals surface area contributed by atoms with Gasteiger partial charge in [0, 0.05) is 31.1 Å². The second-order valence-corrected chi connectivity index (χ2v) is 7.33. The number of benzene rings is 1. The molecule has 2 fully saturated rings. The predicted molar refractivity (Wildman–Crippen MR) is 71.8 cm³/mol. The van der Waals surface area contributed by atoms with Crippen LogP contribution in [0.15, 0.2) is 29.2 Å². The molecular formula is C12H15N3O4S. The number of hydrogen-bond donors (Lipinski definition) is 1. The summed E-state index contributed by atoms with van der Waals surface area (Å²) < 4.78 is 26.3. The first kappa shape index (κ1) is 13.5. The lowest BCUT2D eigenvalue weighted by molar-refractivity contribution is -0.387. The van der Waals surface area contributed by atoms with Gasteiger partial charge in [-0.15, -0.1) is 0 Å². The van der Waals surface area contributed by atoms with Gasteiger partial charge in [-0.3, -0.25) is 10.1 Å². The molecule has 0 saturated carbocycles. The monoisotopic (exact) mass is 297 g/mol. The molecule has 0 amide bonds. The van der Waals surface area contributed by atoms with E-state index in [-0.39, 0.29) is 16.0 Å². The van der Waals surface area contributed by atoms with E-state index in [0.29, 0.717) is 13.1 Å². The van der Waals surface area contributed by atoms with E-state index in [4.69, 9.17) is 0 Å². The van der Waals surface area contributed by atoms with Gasteiger partial charge in [0.15, 0.2) is 4.90 Å². The molecule has 0 radical (unpaired) electrons. The van der Waals surface area contributed by atoms with Gasteiger partial charge in [-0.05, 0) is 19.0 Å². The van der Waals surface area contributed by atoms with E-state index < -0.39 is 14.9 Å². The van der Waals surface area contributed by atoms with E-state index in [1.807, 2.05) is 0 Å². The molecule has 108 valence electrons. The fourth-order valence-electron chi connectivity index (χ4n) is 2.90. The van der Waals surface area contributed by atoms with Crippen LogP contribution in [0.25, 0.3) is 0 Å². The molecule has 20 heavy (non-hydrogen) atoms. The first-order chi connectivity index (χ1) is 9.45. The Morgan fingerprint density at radius 2 is 2.00 bits per heavy atom. The summed E-state index contributed by atoms with van der Waals surface area (Å²) in [6, 6.07) is 5.49. The molecule has 8 heteroatoms. The van der Waals surface area contributed by atoms with Gasteiger partial charge >= 0.3 is 0 Å². The van der Waals surface area contributed by atoms with Gasteiger partial charge in [0.25, 0.3) is 5.69 Å². The Bertz CT molecular complexity index is 644. The van der Waals surface area contributed by atoms with Crippen molar-refractivity contribution in [2.75, 3.05) is 26.2 Å². The standard InChI is InChI=1S/C12H15N3O4S/c16-15(17)10-3-1-2-4-11(10)20(18,19)14-8-12(9-14)5-6-13-7-12/h1-4,13H,5-9H2. The Morgan fingerprint density at radius 1 is 1.30 bits per heavy atom. The van der Waals surface area contributed by atoms with Crippen LogP contribution < -0.4 is 5.32 Å². The fraction of sp³-hybridized carbons (Fsp3) is 0.500. The Labute approximate surface area is 116 Å². The van der Waals surface area contributed by atoms with E-state index in [1.165, 1.54) is 28.6 Å². The zero-order valence-corrected chi connectivity index (χ0v) is 11.6. The Hall–Kier alpha value is -1.51. The van der Waals surface area contributed by atoms with E-state index in [9.17, 15) is 18.5 Å². The maximum Gasteiger partial charge on any atom is 0.289 e. The van der Waals surface area contributed by atoms with Gasteiger partial charge in [0.05, 0.1) is 4.92 Å². The summed E-state index contributed by atoms with van der Waals surface area (Å²) in [5.74, 6) is 0. The van der Waals surface area contributed by atoms with Crippen LogP contribution in [0.1, 0.15) is 6.42 Å². The van der Waals surface area contributed by atoms with Crippen LogP contribution in [0.2, 0.25) is 0 Å². The molecule has 2 heterocycles. The van der Waals surface area contributed by atoms with Crippen molar-refractivity contribution in [2.24, 2.45) is 5.41 Å². The van der Waals surface area contributed by atoms with Gasteiger partial charge in [-0.25, -0.2) is 8.42 Å². The Kier molecular flexibility index (Phi) is 3.03. The van der Waals surface area contributed by atoms with Crippen LogP contribution in [0.4, 0.5) is 5.69 Å². The molecule has 0 unspecified atom stereocenters. The van der Waals surface area contributed by atoms with E-state index >= 15 is 0 Å².